The molecule has 0 heterocycles. The van der Waals surface area contributed by atoms with Gasteiger partial charge in [-0.2, -0.15) is 0 Å². The van der Waals surface area contributed by atoms with E-state index in [2.05, 4.69) is 27.8 Å². The molecule has 16 heavy (non-hydrogen) atoms. The molecule has 1 nitrogen and oxygen atoms in total. The molecule has 0 aromatic heterocycles. The SMILES string of the molecule is CCN(CCCBr)Cc1c(F)cccc1Cl. The van der Waals surface area contributed by atoms with Gasteiger partial charge in [-0.05, 0) is 31.6 Å². The summed E-state index contributed by atoms with van der Waals surface area (Å²) in [5, 5.41) is 1.48. The summed E-state index contributed by atoms with van der Waals surface area (Å²) < 4.78 is 13.5. The first-order chi connectivity index (χ1) is 7.69. The third-order valence-corrected chi connectivity index (χ3v) is 3.41. The first-order valence-corrected chi connectivity index (χ1v) is 6.90. The van der Waals surface area contributed by atoms with E-state index in [4.69, 9.17) is 11.6 Å². The fourth-order valence-corrected chi connectivity index (χ4v) is 2.01. The van der Waals surface area contributed by atoms with Crippen LogP contribution in [0.1, 0.15) is 18.9 Å². The van der Waals surface area contributed by atoms with Crippen LogP contribution in [0.3, 0.4) is 0 Å². The van der Waals surface area contributed by atoms with E-state index < -0.39 is 0 Å². The van der Waals surface area contributed by atoms with E-state index in [-0.39, 0.29) is 5.82 Å². The summed E-state index contributed by atoms with van der Waals surface area (Å²) in [5.41, 5.74) is 0.598. The zero-order valence-electron chi connectivity index (χ0n) is 9.35. The van der Waals surface area contributed by atoms with Gasteiger partial charge in [-0.15, -0.1) is 0 Å². The van der Waals surface area contributed by atoms with Gasteiger partial charge in [-0.25, -0.2) is 4.39 Å². The second kappa shape index (κ2) is 7.25. The van der Waals surface area contributed by atoms with E-state index in [0.29, 0.717) is 17.1 Å². The second-order valence-corrected chi connectivity index (χ2v) is 4.81. The van der Waals surface area contributed by atoms with E-state index in [1.165, 1.54) is 6.07 Å². The van der Waals surface area contributed by atoms with Crippen molar-refractivity contribution in [1.82, 2.24) is 4.90 Å². The number of hydrogen-bond acceptors (Lipinski definition) is 1. The molecule has 4 heteroatoms. The zero-order chi connectivity index (χ0) is 12.0. The van der Waals surface area contributed by atoms with Crippen LogP contribution in [0.4, 0.5) is 4.39 Å². The molecule has 0 aliphatic rings. The molecule has 90 valence electrons. The molecule has 0 atom stereocenters. The molecule has 0 spiro atoms. The molecule has 0 saturated heterocycles. The van der Waals surface area contributed by atoms with Crippen LogP contribution < -0.4 is 0 Å². The van der Waals surface area contributed by atoms with Gasteiger partial charge in [-0.1, -0.05) is 40.5 Å². The summed E-state index contributed by atoms with van der Waals surface area (Å²) >= 11 is 9.38. The average molecular weight is 309 g/mol. The van der Waals surface area contributed by atoms with Crippen LogP contribution in [0.2, 0.25) is 5.02 Å². The molecule has 0 N–H and O–H groups in total. The van der Waals surface area contributed by atoms with E-state index in [1.54, 1.807) is 12.1 Å². The summed E-state index contributed by atoms with van der Waals surface area (Å²) in [7, 11) is 0. The lowest BCUT2D eigenvalue weighted by Gasteiger charge is -2.20. The van der Waals surface area contributed by atoms with Crippen LogP contribution in [0.5, 0.6) is 0 Å². The van der Waals surface area contributed by atoms with Gasteiger partial charge in [0.25, 0.3) is 0 Å². The number of benzene rings is 1. The Morgan fingerprint density at radius 1 is 1.44 bits per heavy atom. The quantitative estimate of drug-likeness (QED) is 0.716. The molecule has 0 saturated carbocycles. The van der Waals surface area contributed by atoms with E-state index in [0.717, 1.165) is 24.8 Å². The molecule has 0 amide bonds. The van der Waals surface area contributed by atoms with E-state index in [9.17, 15) is 4.39 Å². The molecule has 0 radical (unpaired) electrons. The van der Waals surface area contributed by atoms with Gasteiger partial charge < -0.3 is 0 Å². The lowest BCUT2D eigenvalue weighted by Crippen LogP contribution is -2.25. The fraction of sp³-hybridized carbons (Fsp3) is 0.500. The van der Waals surface area contributed by atoms with Crippen LogP contribution in [0.15, 0.2) is 18.2 Å². The minimum atomic E-state index is -0.218. The molecule has 1 aromatic rings. The first-order valence-electron chi connectivity index (χ1n) is 5.40. The number of rotatable bonds is 6. The monoisotopic (exact) mass is 307 g/mol. The van der Waals surface area contributed by atoms with Gasteiger partial charge in [-0.3, -0.25) is 4.90 Å². The van der Waals surface area contributed by atoms with E-state index >= 15 is 0 Å². The Balaban J connectivity index is 2.69. The summed E-state index contributed by atoms with van der Waals surface area (Å²) in [6, 6.07) is 4.83. The van der Waals surface area contributed by atoms with Gasteiger partial charge in [0.05, 0.1) is 0 Å². The number of halogens is 3. The van der Waals surface area contributed by atoms with Crippen molar-refractivity contribution >= 4 is 27.5 Å². The highest BCUT2D eigenvalue weighted by molar-refractivity contribution is 9.09. The van der Waals surface area contributed by atoms with Gasteiger partial charge in [0.1, 0.15) is 5.82 Å². The zero-order valence-corrected chi connectivity index (χ0v) is 11.7. The van der Waals surface area contributed by atoms with Crippen molar-refractivity contribution in [2.45, 2.75) is 19.9 Å². The maximum absolute atomic E-state index is 13.5. The maximum Gasteiger partial charge on any atom is 0.129 e. The van der Waals surface area contributed by atoms with Crippen LogP contribution >= 0.6 is 27.5 Å². The van der Waals surface area contributed by atoms with Crippen molar-refractivity contribution in [3.05, 3.63) is 34.6 Å². The Morgan fingerprint density at radius 2 is 2.19 bits per heavy atom. The molecule has 0 unspecified atom stereocenters. The normalized spacial score (nSPS) is 11.1. The van der Waals surface area contributed by atoms with Crippen LogP contribution in [0, 0.1) is 5.82 Å². The highest BCUT2D eigenvalue weighted by Gasteiger charge is 2.10. The lowest BCUT2D eigenvalue weighted by molar-refractivity contribution is 0.277. The number of nitrogens with zero attached hydrogens (tertiary/aromatic N) is 1. The second-order valence-electron chi connectivity index (χ2n) is 3.61. The van der Waals surface area contributed by atoms with Gasteiger partial charge in [0.15, 0.2) is 0 Å². The van der Waals surface area contributed by atoms with Crippen LogP contribution in [-0.2, 0) is 6.54 Å². The van der Waals surface area contributed by atoms with Crippen molar-refractivity contribution in [3.63, 3.8) is 0 Å². The Bertz CT molecular complexity index is 313. The summed E-state index contributed by atoms with van der Waals surface area (Å²) in [6.07, 6.45) is 1.06. The third-order valence-electron chi connectivity index (χ3n) is 2.50. The topological polar surface area (TPSA) is 3.24 Å². The lowest BCUT2D eigenvalue weighted by atomic mass is 10.2. The Hall–Kier alpha value is -0.120. The maximum atomic E-state index is 13.5. The molecule has 0 bridgehead atoms. The molecule has 0 aliphatic carbocycles. The number of alkyl halides is 1. The van der Waals surface area contributed by atoms with Crippen molar-refractivity contribution in [2.75, 3.05) is 18.4 Å². The third kappa shape index (κ3) is 4.04. The summed E-state index contributed by atoms with van der Waals surface area (Å²) in [4.78, 5) is 2.19. The van der Waals surface area contributed by atoms with Crippen LogP contribution in [0.25, 0.3) is 0 Å². The Morgan fingerprint density at radius 3 is 2.75 bits per heavy atom. The molecule has 0 aliphatic heterocycles. The van der Waals surface area contributed by atoms with Crippen LogP contribution in [-0.4, -0.2) is 23.3 Å². The smallest absolute Gasteiger partial charge is 0.129 e. The summed E-state index contributed by atoms with van der Waals surface area (Å²) in [6.45, 7) is 4.50. The molecular formula is C12H16BrClFN. The van der Waals surface area contributed by atoms with Crippen molar-refractivity contribution in [2.24, 2.45) is 0 Å². The Labute approximate surface area is 110 Å². The minimum Gasteiger partial charge on any atom is -0.299 e. The predicted molar refractivity (Wildman–Crippen MR) is 70.8 cm³/mol. The van der Waals surface area contributed by atoms with Crippen molar-refractivity contribution in [1.29, 1.82) is 0 Å². The van der Waals surface area contributed by atoms with Crippen molar-refractivity contribution < 1.29 is 4.39 Å². The van der Waals surface area contributed by atoms with Gasteiger partial charge in [0.2, 0.25) is 0 Å². The Kier molecular flexibility index (Phi) is 6.32. The van der Waals surface area contributed by atoms with E-state index in [1.807, 2.05) is 0 Å². The fourth-order valence-electron chi connectivity index (χ4n) is 1.54. The number of hydrogen-bond donors (Lipinski definition) is 0. The molecule has 1 rings (SSSR count). The summed E-state index contributed by atoms with van der Waals surface area (Å²) in [5.74, 6) is -0.218. The minimum absolute atomic E-state index is 0.218. The van der Waals surface area contributed by atoms with Crippen molar-refractivity contribution in [3.8, 4) is 0 Å². The van der Waals surface area contributed by atoms with Gasteiger partial charge in [0, 0.05) is 22.5 Å². The average Bonchev–Trinajstić information content (AvgIpc) is 2.28. The largest absolute Gasteiger partial charge is 0.299 e. The van der Waals surface area contributed by atoms with Gasteiger partial charge >= 0.3 is 0 Å². The standard InChI is InChI=1S/C12H16BrClFN/c1-2-16(8-4-7-13)9-10-11(14)5-3-6-12(10)15/h3,5-6H,2,4,7-9H2,1H3. The molecule has 1 aromatic carbocycles. The highest BCUT2D eigenvalue weighted by atomic mass is 79.9. The first kappa shape index (κ1) is 13.9. The molecule has 0 fully saturated rings. The molecular weight excluding hydrogens is 292 g/mol. The predicted octanol–water partition coefficient (Wildman–Crippen LogP) is 4.09. The highest BCUT2D eigenvalue weighted by Crippen LogP contribution is 2.20.